The standard InChI is InChI=1S/C17H18N2O4S2/c1-12-4-5-14(25-12)17(22)23-11-15(20)18-6-8-19(9-7-18)16(21)13-3-2-10-24-13/h2-5,10H,6-9,11H2,1H3. The topological polar surface area (TPSA) is 66.9 Å². The fraction of sp³-hybridized carbons (Fsp3) is 0.353. The van der Waals surface area contributed by atoms with Gasteiger partial charge in [-0.3, -0.25) is 9.59 Å². The number of hydrogen-bond acceptors (Lipinski definition) is 6. The Morgan fingerprint density at radius 3 is 2.36 bits per heavy atom. The van der Waals surface area contributed by atoms with Crippen LogP contribution in [0.15, 0.2) is 29.6 Å². The Morgan fingerprint density at radius 1 is 1.04 bits per heavy atom. The van der Waals surface area contributed by atoms with Gasteiger partial charge >= 0.3 is 5.97 Å². The minimum atomic E-state index is -0.474. The molecule has 132 valence electrons. The quantitative estimate of drug-likeness (QED) is 0.766. The van der Waals surface area contributed by atoms with Crippen LogP contribution in [0.5, 0.6) is 0 Å². The van der Waals surface area contributed by atoms with Crippen molar-refractivity contribution in [2.24, 2.45) is 0 Å². The number of ether oxygens (including phenoxy) is 1. The van der Waals surface area contributed by atoms with Crippen LogP contribution in [0, 0.1) is 6.92 Å². The fourth-order valence-electron chi connectivity index (χ4n) is 2.55. The predicted octanol–water partition coefficient (Wildman–Crippen LogP) is 2.26. The first-order chi connectivity index (χ1) is 12.0. The zero-order chi connectivity index (χ0) is 17.8. The van der Waals surface area contributed by atoms with Gasteiger partial charge in [-0.05, 0) is 30.5 Å². The molecule has 0 aliphatic carbocycles. The van der Waals surface area contributed by atoms with Crippen molar-refractivity contribution in [2.75, 3.05) is 32.8 Å². The summed E-state index contributed by atoms with van der Waals surface area (Å²) in [7, 11) is 0. The largest absolute Gasteiger partial charge is 0.451 e. The van der Waals surface area contributed by atoms with Crippen LogP contribution in [0.3, 0.4) is 0 Å². The number of hydrogen-bond donors (Lipinski definition) is 0. The van der Waals surface area contributed by atoms with Crippen LogP contribution in [0.2, 0.25) is 0 Å². The molecule has 2 amide bonds. The van der Waals surface area contributed by atoms with Crippen molar-refractivity contribution < 1.29 is 19.1 Å². The molecule has 0 radical (unpaired) electrons. The van der Waals surface area contributed by atoms with Gasteiger partial charge in [-0.25, -0.2) is 4.79 Å². The predicted molar refractivity (Wildman–Crippen MR) is 96.1 cm³/mol. The maximum absolute atomic E-state index is 12.3. The van der Waals surface area contributed by atoms with Crippen molar-refractivity contribution in [3.63, 3.8) is 0 Å². The van der Waals surface area contributed by atoms with Gasteiger partial charge in [0.05, 0.1) is 4.88 Å². The highest BCUT2D eigenvalue weighted by Crippen LogP contribution is 2.16. The van der Waals surface area contributed by atoms with Gasteiger partial charge in [0.25, 0.3) is 11.8 Å². The molecule has 0 bridgehead atoms. The molecule has 0 spiro atoms. The van der Waals surface area contributed by atoms with Gasteiger partial charge in [0.1, 0.15) is 4.88 Å². The van der Waals surface area contributed by atoms with Gasteiger partial charge in [-0.15, -0.1) is 22.7 Å². The summed E-state index contributed by atoms with van der Waals surface area (Å²) in [5.41, 5.74) is 0. The van der Waals surface area contributed by atoms with Crippen molar-refractivity contribution >= 4 is 40.5 Å². The molecule has 3 heterocycles. The summed E-state index contributed by atoms with van der Waals surface area (Å²) in [6.45, 7) is 3.51. The second-order valence-electron chi connectivity index (χ2n) is 5.64. The number of rotatable bonds is 4. The molecule has 1 aliphatic rings. The van der Waals surface area contributed by atoms with Crippen LogP contribution in [-0.4, -0.2) is 60.4 Å². The lowest BCUT2D eigenvalue weighted by Crippen LogP contribution is -2.51. The van der Waals surface area contributed by atoms with Crippen LogP contribution < -0.4 is 0 Å². The van der Waals surface area contributed by atoms with Crippen molar-refractivity contribution in [2.45, 2.75) is 6.92 Å². The number of piperazine rings is 1. The summed E-state index contributed by atoms with van der Waals surface area (Å²) >= 11 is 2.76. The summed E-state index contributed by atoms with van der Waals surface area (Å²) < 4.78 is 5.09. The lowest BCUT2D eigenvalue weighted by atomic mass is 10.3. The summed E-state index contributed by atoms with van der Waals surface area (Å²) in [5.74, 6) is -0.704. The lowest BCUT2D eigenvalue weighted by molar-refractivity contribution is -0.136. The first-order valence-electron chi connectivity index (χ1n) is 7.88. The summed E-state index contributed by atoms with van der Waals surface area (Å²) in [5, 5.41) is 1.87. The van der Waals surface area contributed by atoms with Gasteiger partial charge in [0.15, 0.2) is 6.61 Å². The average Bonchev–Trinajstić information content (AvgIpc) is 3.30. The monoisotopic (exact) mass is 378 g/mol. The maximum atomic E-state index is 12.3. The van der Waals surface area contributed by atoms with Gasteiger partial charge < -0.3 is 14.5 Å². The van der Waals surface area contributed by atoms with Crippen molar-refractivity contribution in [1.29, 1.82) is 0 Å². The first kappa shape index (κ1) is 17.6. The summed E-state index contributed by atoms with van der Waals surface area (Å²) in [4.78, 5) is 42.0. The molecule has 0 saturated carbocycles. The van der Waals surface area contributed by atoms with Crippen LogP contribution >= 0.6 is 22.7 Å². The van der Waals surface area contributed by atoms with E-state index < -0.39 is 5.97 Å². The number of nitrogens with zero attached hydrogens (tertiary/aromatic N) is 2. The normalized spacial score (nSPS) is 14.4. The Hall–Kier alpha value is -2.19. The molecular formula is C17H18N2O4S2. The van der Waals surface area contributed by atoms with E-state index in [1.54, 1.807) is 21.9 Å². The van der Waals surface area contributed by atoms with E-state index in [4.69, 9.17) is 4.74 Å². The number of esters is 1. The maximum Gasteiger partial charge on any atom is 0.348 e. The third kappa shape index (κ3) is 4.26. The van der Waals surface area contributed by atoms with E-state index in [9.17, 15) is 14.4 Å². The Balaban J connectivity index is 1.45. The smallest absolute Gasteiger partial charge is 0.348 e. The zero-order valence-electron chi connectivity index (χ0n) is 13.8. The molecule has 2 aromatic heterocycles. The third-order valence-electron chi connectivity index (χ3n) is 3.92. The molecule has 0 unspecified atom stereocenters. The van der Waals surface area contributed by atoms with Crippen LogP contribution in [0.25, 0.3) is 0 Å². The van der Waals surface area contributed by atoms with Crippen molar-refractivity contribution in [3.05, 3.63) is 44.3 Å². The number of aryl methyl sites for hydroxylation is 1. The second-order valence-corrected chi connectivity index (χ2v) is 7.87. The second kappa shape index (κ2) is 7.79. The molecule has 1 aliphatic heterocycles. The van der Waals surface area contributed by atoms with Gasteiger partial charge in [0.2, 0.25) is 0 Å². The Bertz CT molecular complexity index is 761. The SMILES string of the molecule is Cc1ccc(C(=O)OCC(=O)N2CCN(C(=O)c3cccs3)CC2)s1. The molecule has 1 saturated heterocycles. The molecule has 25 heavy (non-hydrogen) atoms. The molecule has 0 aromatic carbocycles. The number of carbonyl (C=O) groups is 3. The minimum Gasteiger partial charge on any atom is -0.451 e. The third-order valence-corrected chi connectivity index (χ3v) is 5.76. The minimum absolute atomic E-state index is 0.00147. The van der Waals surface area contributed by atoms with E-state index >= 15 is 0 Å². The van der Waals surface area contributed by atoms with Crippen LogP contribution in [0.4, 0.5) is 0 Å². The number of carbonyl (C=O) groups excluding carboxylic acids is 3. The molecule has 0 atom stereocenters. The van der Waals surface area contributed by atoms with E-state index in [1.807, 2.05) is 24.4 Å². The van der Waals surface area contributed by atoms with E-state index in [-0.39, 0.29) is 18.4 Å². The zero-order valence-corrected chi connectivity index (χ0v) is 15.4. The highest BCUT2D eigenvalue weighted by atomic mass is 32.1. The molecule has 6 nitrogen and oxygen atoms in total. The molecule has 2 aromatic rings. The highest BCUT2D eigenvalue weighted by molar-refractivity contribution is 7.13. The molecule has 1 fully saturated rings. The van der Waals surface area contributed by atoms with Gasteiger partial charge in [-0.1, -0.05) is 6.07 Å². The molecular weight excluding hydrogens is 360 g/mol. The Labute approximate surface area is 153 Å². The van der Waals surface area contributed by atoms with E-state index in [2.05, 4.69) is 0 Å². The van der Waals surface area contributed by atoms with Crippen molar-refractivity contribution in [3.8, 4) is 0 Å². The lowest BCUT2D eigenvalue weighted by Gasteiger charge is -2.34. The van der Waals surface area contributed by atoms with Crippen LogP contribution in [-0.2, 0) is 9.53 Å². The summed E-state index contributed by atoms with van der Waals surface area (Å²) in [6.07, 6.45) is 0. The van der Waals surface area contributed by atoms with Crippen molar-refractivity contribution in [1.82, 2.24) is 9.80 Å². The number of amides is 2. The molecule has 8 heteroatoms. The molecule has 3 rings (SSSR count). The first-order valence-corrected chi connectivity index (χ1v) is 9.58. The van der Waals surface area contributed by atoms with Gasteiger partial charge in [-0.2, -0.15) is 0 Å². The van der Waals surface area contributed by atoms with E-state index in [0.717, 1.165) is 4.88 Å². The fourth-order valence-corrected chi connectivity index (χ4v) is 4.00. The average molecular weight is 378 g/mol. The Kier molecular flexibility index (Phi) is 5.50. The van der Waals surface area contributed by atoms with E-state index in [0.29, 0.717) is 35.9 Å². The highest BCUT2D eigenvalue weighted by Gasteiger charge is 2.26. The number of thiophene rings is 2. The van der Waals surface area contributed by atoms with E-state index in [1.165, 1.54) is 22.7 Å². The van der Waals surface area contributed by atoms with Gasteiger partial charge in [0, 0.05) is 31.1 Å². The van der Waals surface area contributed by atoms with Crippen LogP contribution in [0.1, 0.15) is 24.2 Å². The Morgan fingerprint density at radius 2 is 1.76 bits per heavy atom. The molecule has 0 N–H and O–H groups in total. The summed E-state index contributed by atoms with van der Waals surface area (Å²) in [6, 6.07) is 7.19.